The van der Waals surface area contributed by atoms with Crippen LogP contribution in [0.4, 0.5) is 34.1 Å². The lowest BCUT2D eigenvalue weighted by molar-refractivity contribution is 0.436. The summed E-state index contributed by atoms with van der Waals surface area (Å²) in [6.07, 6.45) is 0. The van der Waals surface area contributed by atoms with Crippen LogP contribution in [0.1, 0.15) is 74.2 Å². The van der Waals surface area contributed by atoms with Gasteiger partial charge < -0.3 is 28.1 Å². The summed E-state index contributed by atoms with van der Waals surface area (Å²) in [5, 5.41) is 4.43. The summed E-state index contributed by atoms with van der Waals surface area (Å²) in [5.74, 6) is 3.55. The summed E-state index contributed by atoms with van der Waals surface area (Å²) >= 11 is 0. The van der Waals surface area contributed by atoms with Crippen LogP contribution in [-0.4, -0.2) is 0 Å². The molecule has 0 N–H and O–H groups in total. The first kappa shape index (κ1) is 74.8. The number of fused-ring (bicyclic) bond motifs is 24. The maximum Gasteiger partial charge on any atom is 0.143 e. The second-order valence-corrected chi connectivity index (χ2v) is 30.4. The van der Waals surface area contributed by atoms with Gasteiger partial charge in [-0.1, -0.05) is 333 Å². The van der Waals surface area contributed by atoms with Crippen LogP contribution >= 0.6 is 0 Å². The van der Waals surface area contributed by atoms with Gasteiger partial charge in [0.25, 0.3) is 0 Å². The lowest BCUT2D eigenvalue weighted by Crippen LogP contribution is -2.32. The second kappa shape index (κ2) is 30.1. The number of nitrogens with zero attached hydrogens (tertiary/aromatic N) is 2. The largest absolute Gasteiger partial charge is 0.457 e. The van der Waals surface area contributed by atoms with Gasteiger partial charge >= 0.3 is 0 Å². The Kier molecular flexibility index (Phi) is 18.8. The first-order valence-electron chi connectivity index (χ1n) is 39.7. The summed E-state index contributed by atoms with van der Waals surface area (Å²) < 4.78 is 26.1. The van der Waals surface area contributed by atoms with E-state index in [0.717, 1.165) is 146 Å². The van der Waals surface area contributed by atoms with Crippen molar-refractivity contribution in [2.45, 2.75) is 40.5 Å². The van der Waals surface area contributed by atoms with E-state index >= 15 is 0 Å². The molecule has 2 aromatic heterocycles. The average Bonchev–Trinajstić information content (AvgIpc) is 1.52. The quantitative estimate of drug-likeness (QED) is 0.136. The van der Waals surface area contributed by atoms with Crippen LogP contribution < -0.4 is 19.3 Å². The zero-order chi connectivity index (χ0) is 76.4. The lowest BCUT2D eigenvalue weighted by Gasteiger charge is -2.39. The molecular weight excluding hydrogens is 1460 g/mol. The SMILES string of the molecule is C.C.C.C.c1ccc(-c2ccc(N(c3ccc(-c4ccc5oc6ccccc6c5c4)cc3)c3ccc4c(c3)C3(c5ccccc5Oc5ccccc53)c3ccccc3-4)cc2)cc1.c1ccc(-c2ccc(N(c3ccc4c(c3)C3(c5ccccc5Oc5ccccc53)c3ccccc3-4)c3ccc4oc5c(-c6ccccc6)cccc5c4c3)cc2)cc1. The molecular formula is C114H86N2O4. The normalized spacial score (nSPS) is 12.7. The third-order valence-electron chi connectivity index (χ3n) is 24.3. The molecule has 6 heteroatoms. The minimum Gasteiger partial charge on any atom is -0.457 e. The van der Waals surface area contributed by atoms with Crippen molar-refractivity contribution in [3.8, 4) is 89.8 Å². The van der Waals surface area contributed by atoms with Crippen molar-refractivity contribution in [1.29, 1.82) is 0 Å². The van der Waals surface area contributed by atoms with Crippen molar-refractivity contribution < 1.29 is 18.3 Å². The number of ether oxygens (including phenoxy) is 2. The fourth-order valence-electron chi connectivity index (χ4n) is 19.2. The minimum absolute atomic E-state index is 0. The van der Waals surface area contributed by atoms with Crippen LogP contribution in [0.2, 0.25) is 0 Å². The third kappa shape index (κ3) is 11.7. The fourth-order valence-corrected chi connectivity index (χ4v) is 19.2. The molecule has 20 aromatic rings. The first-order chi connectivity index (χ1) is 57.5. The van der Waals surface area contributed by atoms with E-state index in [1.54, 1.807) is 0 Å². The molecule has 0 fully saturated rings. The van der Waals surface area contributed by atoms with Gasteiger partial charge in [0.2, 0.25) is 0 Å². The number of para-hydroxylation sites is 6. The predicted molar refractivity (Wildman–Crippen MR) is 500 cm³/mol. The zero-order valence-corrected chi connectivity index (χ0v) is 62.9. The molecule has 0 atom stereocenters. The van der Waals surface area contributed by atoms with Crippen LogP contribution in [0.25, 0.3) is 111 Å². The van der Waals surface area contributed by atoms with Crippen LogP contribution in [0, 0.1) is 0 Å². The zero-order valence-electron chi connectivity index (χ0n) is 62.9. The van der Waals surface area contributed by atoms with Gasteiger partial charge in [0, 0.05) is 83.5 Å². The van der Waals surface area contributed by atoms with Gasteiger partial charge in [0.05, 0.1) is 10.8 Å². The Morgan fingerprint density at radius 1 is 0.175 bits per heavy atom. The lowest BCUT2D eigenvalue weighted by atomic mass is 9.66. The predicted octanol–water partition coefficient (Wildman–Crippen LogP) is 32.3. The van der Waals surface area contributed by atoms with Crippen LogP contribution in [0.15, 0.2) is 433 Å². The molecule has 0 saturated heterocycles. The van der Waals surface area contributed by atoms with Crippen LogP contribution in [0.3, 0.4) is 0 Å². The highest BCUT2D eigenvalue weighted by Gasteiger charge is 2.53. The average molecular weight is 1550 g/mol. The summed E-state index contributed by atoms with van der Waals surface area (Å²) in [7, 11) is 0. The summed E-state index contributed by atoms with van der Waals surface area (Å²) in [6, 6.07) is 152. The van der Waals surface area contributed by atoms with Gasteiger partial charge in [-0.15, -0.1) is 0 Å². The molecule has 24 rings (SSSR count). The molecule has 4 heterocycles. The Bertz CT molecular complexity index is 7180. The third-order valence-corrected chi connectivity index (χ3v) is 24.3. The molecule has 0 amide bonds. The maximum atomic E-state index is 6.66. The minimum atomic E-state index is -0.575. The van der Waals surface area contributed by atoms with Crippen LogP contribution in [0.5, 0.6) is 23.0 Å². The first-order valence-corrected chi connectivity index (χ1v) is 39.7. The Labute approximate surface area is 701 Å². The Morgan fingerprint density at radius 3 is 0.967 bits per heavy atom. The Balaban J connectivity index is 0.000000154. The molecule has 120 heavy (non-hydrogen) atoms. The summed E-state index contributed by atoms with van der Waals surface area (Å²) in [6.45, 7) is 0. The van der Waals surface area contributed by atoms with Crippen LogP contribution in [-0.2, 0) is 10.8 Å². The molecule has 0 radical (unpaired) electrons. The number of benzene rings is 18. The second-order valence-electron chi connectivity index (χ2n) is 30.4. The molecule has 0 unspecified atom stereocenters. The molecule has 0 bridgehead atoms. The van der Waals surface area contributed by atoms with E-state index in [1.807, 2.05) is 12.1 Å². The van der Waals surface area contributed by atoms with E-state index in [2.05, 4.69) is 422 Å². The van der Waals surface area contributed by atoms with Crippen molar-refractivity contribution >= 4 is 78.0 Å². The fraction of sp³-hybridized carbons (Fsp3) is 0.0526. The molecule has 2 spiro atoms. The Hall–Kier alpha value is -15.2. The number of rotatable bonds is 10. The van der Waals surface area contributed by atoms with E-state index in [9.17, 15) is 0 Å². The van der Waals surface area contributed by atoms with E-state index in [-0.39, 0.29) is 29.7 Å². The molecule has 4 aliphatic rings. The van der Waals surface area contributed by atoms with Gasteiger partial charge in [0.1, 0.15) is 45.3 Å². The highest BCUT2D eigenvalue weighted by atomic mass is 16.5. The number of anilines is 6. The van der Waals surface area contributed by atoms with E-state index in [4.69, 9.17) is 18.3 Å². The van der Waals surface area contributed by atoms with Gasteiger partial charge in [-0.3, -0.25) is 0 Å². The maximum absolute atomic E-state index is 6.66. The topological polar surface area (TPSA) is 51.2 Å². The van der Waals surface area contributed by atoms with Crippen molar-refractivity contribution in [3.05, 3.63) is 469 Å². The van der Waals surface area contributed by atoms with Gasteiger partial charge in [-0.25, -0.2) is 0 Å². The van der Waals surface area contributed by atoms with Crippen molar-refractivity contribution in [1.82, 2.24) is 0 Å². The standard InChI is InChI=1S/2C55H35NO2.4CH4/c1-3-14-36(15-4-1)37-26-28-39(29-27-37)56(40-31-33-51-46(34-40)45-20-13-19-42(54(45)58-51)38-16-5-2-6-17-38)41-30-32-44-43-18-7-8-21-47(43)55(50(44)35-41)48-22-9-11-24-52(48)57-53-25-12-10-23-49(53)55;1-2-12-36(13-3-1)37-22-27-40(28-23-37)56(41-29-24-38(25-30-41)39-26-33-52-46(34-39)45-15-5-9-19-51(45)57-52)42-31-32-44-43-14-4-6-16-47(43)55(50(44)35-42)48-17-7-10-20-53(48)58-54-21-11-8-18-49(54)55;;;;/h2*1-35H;4*1H4. The van der Waals surface area contributed by atoms with Crippen molar-refractivity contribution in [3.63, 3.8) is 0 Å². The Morgan fingerprint density at radius 2 is 0.483 bits per heavy atom. The summed E-state index contributed by atoms with van der Waals surface area (Å²) in [4.78, 5) is 4.78. The van der Waals surface area contributed by atoms with E-state index < -0.39 is 10.8 Å². The van der Waals surface area contributed by atoms with Gasteiger partial charge in [0.15, 0.2) is 0 Å². The number of furan rings is 2. The summed E-state index contributed by atoms with van der Waals surface area (Å²) in [5.41, 5.74) is 32.7. The van der Waals surface area contributed by atoms with Crippen molar-refractivity contribution in [2.75, 3.05) is 9.80 Å². The molecule has 2 aliphatic carbocycles. The highest BCUT2D eigenvalue weighted by Crippen LogP contribution is 2.65. The van der Waals surface area contributed by atoms with Gasteiger partial charge in [-0.2, -0.15) is 0 Å². The molecule has 6 nitrogen and oxygen atoms in total. The molecule has 2 aliphatic heterocycles. The molecule has 576 valence electrons. The smallest absolute Gasteiger partial charge is 0.143 e. The van der Waals surface area contributed by atoms with Crippen molar-refractivity contribution in [2.24, 2.45) is 0 Å². The molecule has 0 saturated carbocycles. The van der Waals surface area contributed by atoms with E-state index in [1.165, 1.54) is 66.8 Å². The number of hydrogen-bond acceptors (Lipinski definition) is 6. The van der Waals surface area contributed by atoms with E-state index in [0.29, 0.717) is 0 Å². The van der Waals surface area contributed by atoms with Gasteiger partial charge in [-0.05, 0) is 205 Å². The monoisotopic (exact) mass is 1550 g/mol. The molecule has 18 aromatic carbocycles. The number of hydrogen-bond donors (Lipinski definition) is 0. The highest BCUT2D eigenvalue weighted by molar-refractivity contribution is 6.11.